The molecule has 0 radical (unpaired) electrons. The minimum Gasteiger partial charge on any atom is -0.508 e. The van der Waals surface area contributed by atoms with E-state index < -0.39 is 133 Å². The zero-order valence-corrected chi connectivity index (χ0v) is 43.3. The van der Waals surface area contributed by atoms with Crippen LogP contribution in [0.25, 0.3) is 0 Å². The number of carbonyl (C=O) groups is 10. The van der Waals surface area contributed by atoms with Gasteiger partial charge in [0, 0.05) is 25.9 Å². The van der Waals surface area contributed by atoms with Gasteiger partial charge in [-0.05, 0) is 80.8 Å². The molecule has 1 aliphatic rings. The maximum absolute atomic E-state index is 14.2. The van der Waals surface area contributed by atoms with Crippen LogP contribution in [-0.2, 0) is 60.8 Å². The molecule has 1 heterocycles. The predicted octanol–water partition coefficient (Wildman–Crippen LogP) is -4.95. The normalized spacial score (nSPS) is 16.9. The summed E-state index contributed by atoms with van der Waals surface area (Å²) in [7, 11) is 0. The second-order valence-electron chi connectivity index (χ2n) is 18.8. The molecular weight excluding hydrogens is 1010 g/mol. The summed E-state index contributed by atoms with van der Waals surface area (Å²) < 4.78 is 0. The van der Waals surface area contributed by atoms with Crippen molar-refractivity contribution in [2.45, 2.75) is 140 Å². The quantitative estimate of drug-likeness (QED) is 0.0198. The topological polar surface area (TPSA) is 476 Å². The Kier molecular flexibility index (Phi) is 25.0. The fourth-order valence-electron chi connectivity index (χ4n) is 7.97. The molecule has 0 aliphatic carbocycles. The van der Waals surface area contributed by atoms with Gasteiger partial charge >= 0.3 is 5.97 Å². The number of benzene rings is 2. The first kappa shape index (κ1) is 63.2. The molecule has 0 unspecified atom stereocenters. The summed E-state index contributed by atoms with van der Waals surface area (Å²) in [5.74, 6) is -10.9. The number of phenolic OH excluding ortho intramolecular Hbond substituents is 2. The molecule has 0 saturated carbocycles. The first-order chi connectivity index (χ1) is 36.2. The van der Waals surface area contributed by atoms with Crippen molar-refractivity contribution in [1.82, 2.24) is 42.1 Å². The molecule has 28 heteroatoms. The largest absolute Gasteiger partial charge is 0.508 e. The summed E-state index contributed by atoms with van der Waals surface area (Å²) >= 11 is 0. The van der Waals surface area contributed by atoms with Crippen molar-refractivity contribution in [2.24, 2.45) is 33.8 Å². The Morgan fingerprint density at radius 3 is 1.70 bits per heavy atom. The summed E-state index contributed by atoms with van der Waals surface area (Å²) in [4.78, 5) is 138. The average Bonchev–Trinajstić information content (AvgIpc) is 3.87. The predicted molar refractivity (Wildman–Crippen MR) is 275 cm³/mol. The van der Waals surface area contributed by atoms with Crippen LogP contribution in [0.15, 0.2) is 53.5 Å². The number of amides is 9. The van der Waals surface area contributed by atoms with Crippen molar-refractivity contribution in [3.8, 4) is 11.5 Å². The molecule has 2 aromatic carbocycles. The first-order valence-corrected chi connectivity index (χ1v) is 24.9. The third-order valence-corrected chi connectivity index (χ3v) is 12.6. The number of aliphatic hydroxyl groups is 2. The van der Waals surface area contributed by atoms with Crippen LogP contribution in [-0.4, -0.2) is 176 Å². The SMILES string of the molecule is CC[C@H](C)[C@H](N)C(=O)N[C@@H](Cc1ccc(O)cc1)C(=O)N1CCC[C@H]1C(=O)N[C@H](C(=O)N[C@@H](CC(N)=O)C(=O)NCC(=O)N[C@@H](Cc1ccc(O)cc1)C(=O)N[C@H](C(=O)N[C@@H](CCCN=C(N)N)C(=O)O)[C@@H](C)O)[C@@H](C)O. The molecule has 0 bridgehead atoms. The van der Waals surface area contributed by atoms with E-state index in [-0.39, 0.29) is 68.6 Å². The number of nitrogens with zero attached hydrogens (tertiary/aromatic N) is 2. The van der Waals surface area contributed by atoms with Crippen molar-refractivity contribution in [1.29, 1.82) is 0 Å². The molecule has 1 aliphatic heterocycles. The molecule has 0 spiro atoms. The number of carboxylic acid groups (broad SMARTS) is 1. The van der Waals surface area contributed by atoms with Crippen LogP contribution >= 0.6 is 0 Å². The highest BCUT2D eigenvalue weighted by atomic mass is 16.4. The van der Waals surface area contributed by atoms with Crippen LogP contribution in [0.1, 0.15) is 77.3 Å². The standard InChI is InChI=1S/C49H73N13O15/c1-5-24(2)38(51)44(72)59-34(21-28-12-16-30(66)17-13-28)47(75)62-19-7-9-35(62)43(71)61-40(26(4)64)46(74)58-33(22-36(50)67)41(69)55-23-37(68)56-32(20-27-10-14-29(65)15-11-27)42(70)60-39(25(3)63)45(73)57-31(48(76)77)8-6-18-54-49(52)53/h10-17,24-26,31-35,38-40,63-66H,5-9,18-23,51H2,1-4H3,(H2,50,67)(H,55,69)(H,56,68)(H,57,73)(H,58,74)(H,59,72)(H,60,70)(H,61,71)(H,76,77)(H4,52,53,54)/t24-,25+,26+,31-,32-,33-,34-,35-,38-,39-,40-/m0/s1. The second-order valence-corrected chi connectivity index (χ2v) is 18.8. The van der Waals surface area contributed by atoms with Gasteiger partial charge in [0.05, 0.1) is 31.2 Å². The highest BCUT2D eigenvalue weighted by Gasteiger charge is 2.41. The van der Waals surface area contributed by atoms with Crippen molar-refractivity contribution in [3.05, 3.63) is 59.7 Å². The Hall–Kier alpha value is -8.11. The van der Waals surface area contributed by atoms with Gasteiger partial charge in [0.1, 0.15) is 53.8 Å². The fourth-order valence-corrected chi connectivity index (χ4v) is 7.97. The smallest absolute Gasteiger partial charge is 0.326 e. The van der Waals surface area contributed by atoms with E-state index in [9.17, 15) is 73.5 Å². The number of carbonyl (C=O) groups excluding carboxylic acids is 9. The van der Waals surface area contributed by atoms with E-state index in [1.54, 1.807) is 19.1 Å². The number of primary amides is 1. The number of hydrogen-bond donors (Lipinski definition) is 16. The number of hydrogen-bond acceptors (Lipinski definition) is 16. The molecule has 11 atom stereocenters. The number of guanidine groups is 1. The molecule has 0 aromatic heterocycles. The van der Waals surface area contributed by atoms with Gasteiger partial charge in [-0.3, -0.25) is 48.1 Å². The summed E-state index contributed by atoms with van der Waals surface area (Å²) in [5, 5.41) is 67.1. The zero-order valence-electron chi connectivity index (χ0n) is 43.3. The lowest BCUT2D eigenvalue weighted by atomic mass is 9.98. The number of phenols is 2. The Morgan fingerprint density at radius 2 is 1.19 bits per heavy atom. The number of carboxylic acids is 1. The second kappa shape index (κ2) is 30.4. The van der Waals surface area contributed by atoms with E-state index in [2.05, 4.69) is 42.2 Å². The van der Waals surface area contributed by atoms with Crippen LogP contribution < -0.4 is 60.2 Å². The van der Waals surface area contributed by atoms with Gasteiger partial charge in [0.15, 0.2) is 5.96 Å². The lowest BCUT2D eigenvalue weighted by molar-refractivity contribution is -0.143. The van der Waals surface area contributed by atoms with E-state index >= 15 is 0 Å². The Labute approximate surface area is 443 Å². The number of likely N-dealkylation sites (tertiary alicyclic amines) is 1. The number of aliphatic hydroxyl groups excluding tert-OH is 2. The summed E-state index contributed by atoms with van der Waals surface area (Å²) in [6.07, 6.45) is -3.46. The minimum atomic E-state index is -1.82. The number of aliphatic imine (C=N–C) groups is 1. The molecule has 3 rings (SSSR count). The average molecular weight is 1080 g/mol. The molecule has 2 aromatic rings. The summed E-state index contributed by atoms with van der Waals surface area (Å²) in [5.41, 5.74) is 23.1. The van der Waals surface area contributed by atoms with E-state index in [1.165, 1.54) is 41.3 Å². The number of aromatic hydroxyl groups is 2. The molecule has 1 saturated heterocycles. The lowest BCUT2D eigenvalue weighted by Gasteiger charge is -2.31. The Balaban J connectivity index is 1.76. The van der Waals surface area contributed by atoms with Gasteiger partial charge in [0.25, 0.3) is 0 Å². The third-order valence-electron chi connectivity index (χ3n) is 12.6. The number of aliphatic carboxylic acids is 1. The fraction of sp³-hybridized carbons (Fsp3) is 0.531. The zero-order chi connectivity index (χ0) is 57.7. The van der Waals surface area contributed by atoms with Gasteiger partial charge in [-0.1, -0.05) is 44.5 Å². The molecule has 28 nitrogen and oxygen atoms in total. The van der Waals surface area contributed by atoms with Crippen LogP contribution in [0.2, 0.25) is 0 Å². The number of nitrogens with one attached hydrogen (secondary N) is 7. The van der Waals surface area contributed by atoms with E-state index in [1.807, 2.05) is 6.92 Å². The van der Waals surface area contributed by atoms with Crippen LogP contribution in [0.4, 0.5) is 0 Å². The Morgan fingerprint density at radius 1 is 0.675 bits per heavy atom. The molecule has 1 fully saturated rings. The van der Waals surface area contributed by atoms with Gasteiger partial charge in [-0.25, -0.2) is 4.79 Å². The van der Waals surface area contributed by atoms with Crippen molar-refractivity contribution in [2.75, 3.05) is 19.6 Å². The van der Waals surface area contributed by atoms with Gasteiger partial charge in [-0.2, -0.15) is 0 Å². The molecular formula is C49H73N13O15. The van der Waals surface area contributed by atoms with Crippen molar-refractivity contribution in [3.63, 3.8) is 0 Å². The lowest BCUT2D eigenvalue weighted by Crippen LogP contribution is -2.61. The van der Waals surface area contributed by atoms with Crippen molar-refractivity contribution < 1.29 is 73.5 Å². The van der Waals surface area contributed by atoms with Gasteiger partial charge in [0.2, 0.25) is 53.2 Å². The van der Waals surface area contributed by atoms with E-state index in [0.717, 1.165) is 13.8 Å². The monoisotopic (exact) mass is 1080 g/mol. The van der Waals surface area contributed by atoms with Crippen LogP contribution in [0.5, 0.6) is 11.5 Å². The number of nitrogens with two attached hydrogens (primary N) is 4. The maximum Gasteiger partial charge on any atom is 0.326 e. The maximum atomic E-state index is 14.2. The van der Waals surface area contributed by atoms with E-state index in [0.29, 0.717) is 24.0 Å². The van der Waals surface area contributed by atoms with Crippen molar-refractivity contribution >= 4 is 65.1 Å². The molecule has 424 valence electrons. The number of rotatable bonds is 30. The highest BCUT2D eigenvalue weighted by Crippen LogP contribution is 2.22. The van der Waals surface area contributed by atoms with Crippen LogP contribution in [0.3, 0.4) is 0 Å². The Bertz CT molecular complexity index is 2420. The molecule has 9 amide bonds. The summed E-state index contributed by atoms with van der Waals surface area (Å²) in [6, 6.07) is -0.499. The molecule has 77 heavy (non-hydrogen) atoms. The third kappa shape index (κ3) is 20.5. The first-order valence-electron chi connectivity index (χ1n) is 24.9. The highest BCUT2D eigenvalue weighted by molar-refractivity contribution is 5.99. The van der Waals surface area contributed by atoms with Gasteiger partial charge < -0.3 is 90.6 Å². The van der Waals surface area contributed by atoms with E-state index in [4.69, 9.17) is 22.9 Å². The molecule has 20 N–H and O–H groups in total. The van der Waals surface area contributed by atoms with Crippen LogP contribution in [0, 0.1) is 5.92 Å². The summed E-state index contributed by atoms with van der Waals surface area (Å²) in [6.45, 7) is 5.10. The van der Waals surface area contributed by atoms with Gasteiger partial charge in [-0.15, -0.1) is 0 Å². The minimum absolute atomic E-state index is 0.0324.